The van der Waals surface area contributed by atoms with E-state index < -0.39 is 0 Å². The number of ether oxygens (including phenoxy) is 2. The van der Waals surface area contributed by atoms with Gasteiger partial charge in [0.25, 0.3) is 0 Å². The number of rotatable bonds is 5. The molecule has 0 aliphatic heterocycles. The molecule has 0 bridgehead atoms. The minimum Gasteiger partial charge on any atom is -0.493 e. The Bertz CT molecular complexity index is 468. The van der Waals surface area contributed by atoms with Crippen LogP contribution in [0.15, 0.2) is 16.6 Å². The highest BCUT2D eigenvalue weighted by atomic mass is 79.9. The number of halogens is 1. The molecule has 1 aliphatic rings. The molecule has 1 atom stereocenters. The van der Waals surface area contributed by atoms with Gasteiger partial charge in [-0.25, -0.2) is 0 Å². The van der Waals surface area contributed by atoms with Crippen LogP contribution < -0.4 is 15.2 Å². The molecule has 3 nitrogen and oxygen atoms in total. The molecule has 0 saturated heterocycles. The zero-order chi connectivity index (χ0) is 15.4. The van der Waals surface area contributed by atoms with Gasteiger partial charge in [-0.15, -0.1) is 0 Å². The van der Waals surface area contributed by atoms with E-state index >= 15 is 0 Å². The van der Waals surface area contributed by atoms with Crippen LogP contribution in [0.2, 0.25) is 0 Å². The number of hydrogen-bond acceptors (Lipinski definition) is 3. The van der Waals surface area contributed by atoms with Gasteiger partial charge in [-0.2, -0.15) is 0 Å². The van der Waals surface area contributed by atoms with Gasteiger partial charge in [0.15, 0.2) is 11.5 Å². The Morgan fingerprint density at radius 2 is 1.95 bits per heavy atom. The van der Waals surface area contributed by atoms with Crippen molar-refractivity contribution in [2.75, 3.05) is 7.11 Å². The van der Waals surface area contributed by atoms with Crippen LogP contribution >= 0.6 is 15.9 Å². The first kappa shape index (κ1) is 16.6. The van der Waals surface area contributed by atoms with Gasteiger partial charge < -0.3 is 15.2 Å². The van der Waals surface area contributed by atoms with E-state index in [0.29, 0.717) is 6.10 Å². The maximum atomic E-state index is 6.21. The molecular formula is C17H26BrNO2. The summed E-state index contributed by atoms with van der Waals surface area (Å²) in [4.78, 5) is 0. The fraction of sp³-hybridized carbons (Fsp3) is 0.647. The van der Waals surface area contributed by atoms with Crippen LogP contribution in [0.25, 0.3) is 0 Å². The standard InChI is InChI=1S/C17H26BrNO2/c1-11-4-6-14(7-5-11)21-17-15(18)9-13(8-12(2)19)10-16(17)20-3/h9-12,14H,4-8,19H2,1-3H3. The minimum atomic E-state index is 0.133. The predicted octanol–water partition coefficient (Wildman–Crippen LogP) is 4.30. The van der Waals surface area contributed by atoms with E-state index in [2.05, 4.69) is 28.9 Å². The minimum absolute atomic E-state index is 0.133. The summed E-state index contributed by atoms with van der Waals surface area (Å²) < 4.78 is 12.7. The monoisotopic (exact) mass is 355 g/mol. The molecular weight excluding hydrogens is 330 g/mol. The lowest BCUT2D eigenvalue weighted by molar-refractivity contribution is 0.130. The average Bonchev–Trinajstić information content (AvgIpc) is 2.43. The van der Waals surface area contributed by atoms with E-state index in [4.69, 9.17) is 15.2 Å². The third-order valence-corrected chi connectivity index (χ3v) is 4.68. The summed E-state index contributed by atoms with van der Waals surface area (Å²) in [7, 11) is 1.69. The van der Waals surface area contributed by atoms with Gasteiger partial charge >= 0.3 is 0 Å². The molecule has 1 unspecified atom stereocenters. The average molecular weight is 356 g/mol. The van der Waals surface area contributed by atoms with E-state index in [1.807, 2.05) is 13.0 Å². The molecule has 118 valence electrons. The van der Waals surface area contributed by atoms with Gasteiger partial charge in [-0.3, -0.25) is 0 Å². The topological polar surface area (TPSA) is 44.5 Å². The molecule has 0 spiro atoms. The Hall–Kier alpha value is -0.740. The van der Waals surface area contributed by atoms with Gasteiger partial charge in [0.05, 0.1) is 17.7 Å². The molecule has 21 heavy (non-hydrogen) atoms. The molecule has 0 amide bonds. The van der Waals surface area contributed by atoms with Crippen LogP contribution in [0, 0.1) is 5.92 Å². The smallest absolute Gasteiger partial charge is 0.175 e. The fourth-order valence-electron chi connectivity index (χ4n) is 2.89. The Morgan fingerprint density at radius 3 is 2.52 bits per heavy atom. The molecule has 2 N–H and O–H groups in total. The molecule has 1 fully saturated rings. The van der Waals surface area contributed by atoms with Crippen molar-refractivity contribution in [1.29, 1.82) is 0 Å². The van der Waals surface area contributed by atoms with E-state index in [1.165, 1.54) is 18.4 Å². The molecule has 0 aromatic heterocycles. The summed E-state index contributed by atoms with van der Waals surface area (Å²) in [6.07, 6.45) is 5.86. The molecule has 0 heterocycles. The summed E-state index contributed by atoms with van der Waals surface area (Å²) in [5, 5.41) is 0. The highest BCUT2D eigenvalue weighted by Gasteiger charge is 2.22. The van der Waals surface area contributed by atoms with E-state index in [9.17, 15) is 0 Å². The number of benzene rings is 1. The second kappa shape index (κ2) is 7.50. The fourth-order valence-corrected chi connectivity index (χ4v) is 3.47. The van der Waals surface area contributed by atoms with Crippen LogP contribution in [-0.2, 0) is 6.42 Å². The Balaban J connectivity index is 2.14. The lowest BCUT2D eigenvalue weighted by Crippen LogP contribution is -2.23. The molecule has 1 saturated carbocycles. The van der Waals surface area contributed by atoms with Crippen LogP contribution in [0.3, 0.4) is 0 Å². The molecule has 1 aromatic rings. The molecule has 1 aliphatic carbocycles. The van der Waals surface area contributed by atoms with Crippen molar-refractivity contribution in [3.8, 4) is 11.5 Å². The first-order valence-electron chi connectivity index (χ1n) is 7.78. The van der Waals surface area contributed by atoms with Crippen molar-refractivity contribution in [2.24, 2.45) is 11.7 Å². The third kappa shape index (κ3) is 4.62. The summed E-state index contributed by atoms with van der Waals surface area (Å²) in [5.41, 5.74) is 7.04. The largest absolute Gasteiger partial charge is 0.493 e. The zero-order valence-corrected chi connectivity index (χ0v) is 14.8. The number of hydrogen-bond donors (Lipinski definition) is 1. The van der Waals surface area contributed by atoms with Crippen molar-refractivity contribution in [2.45, 2.75) is 58.1 Å². The van der Waals surface area contributed by atoms with Crippen LogP contribution in [0.5, 0.6) is 11.5 Å². The zero-order valence-electron chi connectivity index (χ0n) is 13.2. The summed E-state index contributed by atoms with van der Waals surface area (Å²) in [5.74, 6) is 2.44. The van der Waals surface area contributed by atoms with Crippen molar-refractivity contribution >= 4 is 15.9 Å². The highest BCUT2D eigenvalue weighted by molar-refractivity contribution is 9.10. The second-order valence-corrected chi connectivity index (χ2v) is 7.14. The first-order chi connectivity index (χ1) is 9.99. The Kier molecular flexibility index (Phi) is 5.94. The molecule has 4 heteroatoms. The quantitative estimate of drug-likeness (QED) is 0.855. The third-order valence-electron chi connectivity index (χ3n) is 4.09. The lowest BCUT2D eigenvalue weighted by Gasteiger charge is -2.28. The highest BCUT2D eigenvalue weighted by Crippen LogP contribution is 2.39. The molecule has 0 radical (unpaired) electrons. The second-order valence-electron chi connectivity index (χ2n) is 6.29. The number of methoxy groups -OCH3 is 1. The predicted molar refractivity (Wildman–Crippen MR) is 90.1 cm³/mol. The lowest BCUT2D eigenvalue weighted by atomic mass is 9.89. The normalized spacial score (nSPS) is 23.7. The van der Waals surface area contributed by atoms with Crippen LogP contribution in [-0.4, -0.2) is 19.3 Å². The van der Waals surface area contributed by atoms with Gasteiger partial charge in [0.1, 0.15) is 0 Å². The van der Waals surface area contributed by atoms with Crippen molar-refractivity contribution < 1.29 is 9.47 Å². The Labute approximate surface area is 136 Å². The van der Waals surface area contributed by atoms with E-state index in [1.54, 1.807) is 7.11 Å². The number of nitrogens with two attached hydrogens (primary N) is 1. The van der Waals surface area contributed by atoms with Crippen LogP contribution in [0.1, 0.15) is 45.1 Å². The van der Waals surface area contributed by atoms with Gasteiger partial charge in [0.2, 0.25) is 0 Å². The maximum absolute atomic E-state index is 6.21. The molecule has 2 rings (SSSR count). The van der Waals surface area contributed by atoms with E-state index in [0.717, 1.165) is 41.2 Å². The maximum Gasteiger partial charge on any atom is 0.175 e. The van der Waals surface area contributed by atoms with E-state index in [-0.39, 0.29) is 6.04 Å². The van der Waals surface area contributed by atoms with Crippen molar-refractivity contribution in [1.82, 2.24) is 0 Å². The summed E-state index contributed by atoms with van der Waals surface area (Å²) in [6.45, 7) is 4.32. The van der Waals surface area contributed by atoms with Gasteiger partial charge in [-0.05, 0) is 78.6 Å². The van der Waals surface area contributed by atoms with Crippen LogP contribution in [0.4, 0.5) is 0 Å². The van der Waals surface area contributed by atoms with Gasteiger partial charge in [0, 0.05) is 6.04 Å². The van der Waals surface area contributed by atoms with Crippen molar-refractivity contribution in [3.05, 3.63) is 22.2 Å². The Morgan fingerprint density at radius 1 is 1.29 bits per heavy atom. The SMILES string of the molecule is COc1cc(CC(C)N)cc(Br)c1OC1CCC(C)CC1. The molecule has 1 aromatic carbocycles. The first-order valence-corrected chi connectivity index (χ1v) is 8.57. The van der Waals surface area contributed by atoms with Crippen molar-refractivity contribution in [3.63, 3.8) is 0 Å². The summed E-state index contributed by atoms with van der Waals surface area (Å²) in [6, 6.07) is 4.26. The summed E-state index contributed by atoms with van der Waals surface area (Å²) >= 11 is 3.62. The van der Waals surface area contributed by atoms with Gasteiger partial charge in [-0.1, -0.05) is 6.92 Å².